The molecule has 4 rings (SSSR count). The maximum atomic E-state index is 13.1. The Hall–Kier alpha value is -4.12. The van der Waals surface area contributed by atoms with Gasteiger partial charge in [-0.2, -0.15) is 13.2 Å². The summed E-state index contributed by atoms with van der Waals surface area (Å²) >= 11 is 3.36. The number of hydrogen-bond donors (Lipinski definition) is 3. The van der Waals surface area contributed by atoms with E-state index in [0.717, 1.165) is 32.9 Å². The van der Waals surface area contributed by atoms with Crippen LogP contribution in [0, 0.1) is 6.92 Å². The van der Waals surface area contributed by atoms with Crippen LogP contribution in [0.5, 0.6) is 0 Å². The summed E-state index contributed by atoms with van der Waals surface area (Å²) in [4.78, 5) is 38.3. The Morgan fingerprint density at radius 1 is 0.861 bits per heavy atom. The Morgan fingerprint density at radius 2 is 1.61 bits per heavy atom. The highest BCUT2D eigenvalue weighted by molar-refractivity contribution is 9.10. The first-order valence-electron chi connectivity index (χ1n) is 10.5. The molecule has 7 nitrogen and oxygen atoms in total. The van der Waals surface area contributed by atoms with E-state index in [0.29, 0.717) is 16.6 Å². The quantitative estimate of drug-likeness (QED) is 0.281. The number of fused-ring (bicyclic) bond motifs is 1. The van der Waals surface area contributed by atoms with Gasteiger partial charge in [0.1, 0.15) is 5.69 Å². The Kier molecular flexibility index (Phi) is 6.84. The SMILES string of the molecule is Cc1ccccc1NC(=O)c1cc2cc(Br)ccc2n1NC(=O)C(=O)Nc1cccc(C(F)(F)F)c1. The van der Waals surface area contributed by atoms with Crippen molar-refractivity contribution in [2.24, 2.45) is 0 Å². The molecule has 0 aliphatic heterocycles. The first kappa shape index (κ1) is 25.0. The van der Waals surface area contributed by atoms with Crippen molar-refractivity contribution < 1.29 is 27.6 Å². The number of amides is 3. The van der Waals surface area contributed by atoms with Crippen molar-refractivity contribution in [3.05, 3.63) is 94.1 Å². The lowest BCUT2D eigenvalue weighted by atomic mass is 10.2. The molecular weight excluding hydrogens is 541 g/mol. The number of carbonyl (C=O) groups excluding carboxylic acids is 3. The zero-order valence-electron chi connectivity index (χ0n) is 18.6. The fraction of sp³-hybridized carbons (Fsp3) is 0.0800. The third-order valence-electron chi connectivity index (χ3n) is 5.26. The van der Waals surface area contributed by atoms with Gasteiger partial charge in [0.15, 0.2) is 0 Å². The number of alkyl halides is 3. The topological polar surface area (TPSA) is 92.2 Å². The predicted octanol–water partition coefficient (Wildman–Crippen LogP) is 5.69. The largest absolute Gasteiger partial charge is 0.416 e. The molecule has 184 valence electrons. The molecule has 0 spiro atoms. The summed E-state index contributed by atoms with van der Waals surface area (Å²) in [6.07, 6.45) is -4.61. The van der Waals surface area contributed by atoms with E-state index in [4.69, 9.17) is 0 Å². The van der Waals surface area contributed by atoms with E-state index < -0.39 is 29.5 Å². The van der Waals surface area contributed by atoms with Gasteiger partial charge in [-0.15, -0.1) is 0 Å². The fourth-order valence-electron chi connectivity index (χ4n) is 3.49. The van der Waals surface area contributed by atoms with Gasteiger partial charge in [-0.3, -0.25) is 19.8 Å². The van der Waals surface area contributed by atoms with Crippen molar-refractivity contribution in [1.82, 2.24) is 4.68 Å². The van der Waals surface area contributed by atoms with E-state index in [1.807, 2.05) is 19.1 Å². The highest BCUT2D eigenvalue weighted by Gasteiger charge is 2.30. The first-order chi connectivity index (χ1) is 17.0. The van der Waals surface area contributed by atoms with Crippen LogP contribution >= 0.6 is 15.9 Å². The zero-order chi connectivity index (χ0) is 26.0. The molecule has 1 heterocycles. The molecule has 0 saturated carbocycles. The molecule has 4 aromatic rings. The lowest BCUT2D eigenvalue weighted by Gasteiger charge is -2.14. The van der Waals surface area contributed by atoms with Gasteiger partial charge < -0.3 is 10.6 Å². The van der Waals surface area contributed by atoms with Crippen LogP contribution < -0.4 is 16.1 Å². The van der Waals surface area contributed by atoms with Crippen molar-refractivity contribution in [1.29, 1.82) is 0 Å². The monoisotopic (exact) mass is 558 g/mol. The van der Waals surface area contributed by atoms with E-state index >= 15 is 0 Å². The molecule has 3 N–H and O–H groups in total. The molecular formula is C25H18BrF3N4O3. The van der Waals surface area contributed by atoms with Gasteiger partial charge >= 0.3 is 18.0 Å². The van der Waals surface area contributed by atoms with Gasteiger partial charge in [-0.05, 0) is 61.0 Å². The summed E-state index contributed by atoms with van der Waals surface area (Å²) in [5.41, 5.74) is 3.03. The van der Waals surface area contributed by atoms with E-state index in [1.54, 1.807) is 36.4 Å². The summed E-state index contributed by atoms with van der Waals surface area (Å²) in [6.45, 7) is 1.82. The second-order valence-corrected chi connectivity index (χ2v) is 8.73. The van der Waals surface area contributed by atoms with Crippen molar-refractivity contribution in [3.63, 3.8) is 0 Å². The molecule has 0 aliphatic carbocycles. The number of hydrogen-bond acceptors (Lipinski definition) is 3. The summed E-state index contributed by atoms with van der Waals surface area (Å²) in [7, 11) is 0. The van der Waals surface area contributed by atoms with Gasteiger partial charge in [0.25, 0.3) is 5.91 Å². The predicted molar refractivity (Wildman–Crippen MR) is 133 cm³/mol. The third kappa shape index (κ3) is 5.41. The first-order valence-corrected chi connectivity index (χ1v) is 11.3. The van der Waals surface area contributed by atoms with Crippen LogP contribution in [0.1, 0.15) is 21.6 Å². The maximum absolute atomic E-state index is 13.1. The van der Waals surface area contributed by atoms with E-state index in [-0.39, 0.29) is 11.4 Å². The molecule has 0 radical (unpaired) electrons. The van der Waals surface area contributed by atoms with Gasteiger partial charge in [-0.1, -0.05) is 40.2 Å². The van der Waals surface area contributed by atoms with Crippen molar-refractivity contribution in [2.45, 2.75) is 13.1 Å². The van der Waals surface area contributed by atoms with Gasteiger partial charge in [0.2, 0.25) is 0 Å². The molecule has 0 atom stereocenters. The van der Waals surface area contributed by atoms with Crippen LogP contribution in [0.2, 0.25) is 0 Å². The molecule has 3 aromatic carbocycles. The Morgan fingerprint density at radius 3 is 2.33 bits per heavy atom. The Labute approximate surface area is 211 Å². The number of anilines is 2. The maximum Gasteiger partial charge on any atom is 0.416 e. The minimum Gasteiger partial charge on any atom is -0.320 e. The number of benzene rings is 3. The number of para-hydroxylation sites is 1. The van der Waals surface area contributed by atoms with Crippen LogP contribution in [-0.4, -0.2) is 22.4 Å². The summed E-state index contributed by atoms with van der Waals surface area (Å²) in [6, 6.07) is 17.6. The van der Waals surface area contributed by atoms with Crippen molar-refractivity contribution in [2.75, 3.05) is 16.1 Å². The Balaban J connectivity index is 1.61. The second-order valence-electron chi connectivity index (χ2n) is 7.81. The molecule has 3 amide bonds. The molecule has 11 heteroatoms. The van der Waals surface area contributed by atoms with Crippen LogP contribution in [0.15, 0.2) is 77.3 Å². The minimum absolute atomic E-state index is 0.0339. The van der Waals surface area contributed by atoms with Crippen LogP contribution in [0.3, 0.4) is 0 Å². The molecule has 0 aliphatic rings. The summed E-state index contributed by atoms with van der Waals surface area (Å²) in [5.74, 6) is -2.94. The number of nitrogens with zero attached hydrogens (tertiary/aromatic N) is 1. The van der Waals surface area contributed by atoms with Gasteiger partial charge in [-0.25, -0.2) is 4.68 Å². The lowest BCUT2D eigenvalue weighted by Crippen LogP contribution is -2.36. The molecule has 1 aromatic heterocycles. The normalized spacial score (nSPS) is 11.2. The van der Waals surface area contributed by atoms with E-state index in [9.17, 15) is 27.6 Å². The van der Waals surface area contributed by atoms with E-state index in [1.165, 1.54) is 6.07 Å². The minimum atomic E-state index is -4.61. The second kappa shape index (κ2) is 9.86. The fourth-order valence-corrected chi connectivity index (χ4v) is 3.87. The highest BCUT2D eigenvalue weighted by Crippen LogP contribution is 2.30. The lowest BCUT2D eigenvalue weighted by molar-refractivity contribution is -0.137. The standard InChI is InChI=1S/C25H18BrF3N4O3/c1-14-5-2-3-8-19(14)31-22(34)21-12-15-11-17(26)9-10-20(15)33(21)32-24(36)23(35)30-18-7-4-6-16(13-18)25(27,28)29/h2-13H,1H3,(H,30,35)(H,31,34)(H,32,36). The summed E-state index contributed by atoms with van der Waals surface area (Å²) < 4.78 is 40.8. The number of rotatable bonds is 4. The molecule has 0 unspecified atom stereocenters. The molecule has 0 fully saturated rings. The highest BCUT2D eigenvalue weighted by atomic mass is 79.9. The van der Waals surface area contributed by atoms with E-state index in [2.05, 4.69) is 32.0 Å². The number of aromatic nitrogens is 1. The smallest absolute Gasteiger partial charge is 0.320 e. The van der Waals surface area contributed by atoms with Gasteiger partial charge in [0, 0.05) is 21.2 Å². The Bertz CT molecular complexity index is 1500. The van der Waals surface area contributed by atoms with Gasteiger partial charge in [0.05, 0.1) is 11.1 Å². The van der Waals surface area contributed by atoms with Crippen LogP contribution in [0.25, 0.3) is 10.9 Å². The van der Waals surface area contributed by atoms with Crippen molar-refractivity contribution in [3.8, 4) is 0 Å². The molecule has 0 bridgehead atoms. The summed E-state index contributed by atoms with van der Waals surface area (Å²) in [5, 5.41) is 5.52. The number of carbonyl (C=O) groups is 3. The molecule has 0 saturated heterocycles. The number of nitrogens with one attached hydrogen (secondary N) is 3. The zero-order valence-corrected chi connectivity index (χ0v) is 20.2. The molecule has 36 heavy (non-hydrogen) atoms. The van der Waals surface area contributed by atoms with Crippen LogP contribution in [-0.2, 0) is 15.8 Å². The van der Waals surface area contributed by atoms with Crippen molar-refractivity contribution >= 4 is 55.9 Å². The number of halogens is 4. The number of aryl methyl sites for hydroxylation is 1. The average Bonchev–Trinajstić information content (AvgIpc) is 3.17. The van der Waals surface area contributed by atoms with Crippen LogP contribution in [0.4, 0.5) is 24.5 Å². The average molecular weight is 559 g/mol. The third-order valence-corrected chi connectivity index (χ3v) is 5.75.